The summed E-state index contributed by atoms with van der Waals surface area (Å²) in [5.41, 5.74) is 2.32. The number of aromatic nitrogens is 3. The van der Waals surface area contributed by atoms with E-state index in [2.05, 4.69) is 44.7 Å². The third-order valence-corrected chi connectivity index (χ3v) is 4.51. The lowest BCUT2D eigenvalue weighted by Gasteiger charge is -2.15. The molecular weight excluding hydrogens is 364 g/mol. The van der Waals surface area contributed by atoms with Gasteiger partial charge in [0.25, 0.3) is 0 Å². The maximum absolute atomic E-state index is 5.91. The first-order valence-corrected chi connectivity index (χ1v) is 9.80. The standard InChI is InChI=1S/C22H28N6O/c1-18(20-7-4-3-5-8-20)29-14-6-10-26-22(23-2)27-16-19-9-11-25-21(15-19)28-13-12-24-17-28/h3-5,7-9,11-13,15,17-18H,6,10,14,16H2,1-2H3,(H2,23,26,27). The molecule has 0 bridgehead atoms. The van der Waals surface area contributed by atoms with Crippen LogP contribution in [0.5, 0.6) is 0 Å². The van der Waals surface area contributed by atoms with Gasteiger partial charge in [0.15, 0.2) is 5.96 Å². The number of imidazole rings is 1. The molecule has 2 N–H and O–H groups in total. The summed E-state index contributed by atoms with van der Waals surface area (Å²) in [6.45, 7) is 4.22. The van der Waals surface area contributed by atoms with Crippen molar-refractivity contribution in [2.24, 2.45) is 4.99 Å². The van der Waals surface area contributed by atoms with Crippen molar-refractivity contribution in [3.8, 4) is 5.82 Å². The summed E-state index contributed by atoms with van der Waals surface area (Å²) in [7, 11) is 1.77. The molecular formula is C22H28N6O. The highest BCUT2D eigenvalue weighted by molar-refractivity contribution is 5.79. The smallest absolute Gasteiger partial charge is 0.191 e. The molecule has 1 atom stereocenters. The van der Waals surface area contributed by atoms with Crippen LogP contribution in [0.1, 0.15) is 30.6 Å². The molecule has 2 heterocycles. The molecule has 152 valence electrons. The van der Waals surface area contributed by atoms with Crippen LogP contribution in [0.2, 0.25) is 0 Å². The van der Waals surface area contributed by atoms with Gasteiger partial charge < -0.3 is 15.4 Å². The first-order chi connectivity index (χ1) is 14.3. The normalized spacial score (nSPS) is 12.6. The van der Waals surface area contributed by atoms with Crippen molar-refractivity contribution >= 4 is 5.96 Å². The molecule has 0 fully saturated rings. The zero-order chi connectivity index (χ0) is 20.3. The van der Waals surface area contributed by atoms with Crippen molar-refractivity contribution in [3.63, 3.8) is 0 Å². The van der Waals surface area contributed by atoms with Crippen molar-refractivity contribution in [2.45, 2.75) is 26.0 Å². The Morgan fingerprint density at radius 3 is 2.79 bits per heavy atom. The van der Waals surface area contributed by atoms with Crippen LogP contribution in [-0.4, -0.2) is 40.7 Å². The summed E-state index contributed by atoms with van der Waals surface area (Å²) in [6, 6.07) is 14.3. The minimum atomic E-state index is 0.102. The molecule has 0 aliphatic heterocycles. The third kappa shape index (κ3) is 6.43. The highest BCUT2D eigenvalue weighted by atomic mass is 16.5. The number of aliphatic imine (C=N–C) groups is 1. The molecule has 7 heteroatoms. The van der Waals surface area contributed by atoms with Gasteiger partial charge in [-0.05, 0) is 36.6 Å². The second-order valence-corrected chi connectivity index (χ2v) is 6.62. The lowest BCUT2D eigenvalue weighted by atomic mass is 10.1. The third-order valence-electron chi connectivity index (χ3n) is 4.51. The van der Waals surface area contributed by atoms with Gasteiger partial charge in [0.05, 0.1) is 6.10 Å². The van der Waals surface area contributed by atoms with E-state index in [9.17, 15) is 0 Å². The van der Waals surface area contributed by atoms with E-state index in [1.807, 2.05) is 41.1 Å². The van der Waals surface area contributed by atoms with Crippen molar-refractivity contribution in [2.75, 3.05) is 20.2 Å². The molecule has 0 saturated heterocycles. The van der Waals surface area contributed by atoms with Crippen LogP contribution < -0.4 is 10.6 Å². The zero-order valence-electron chi connectivity index (χ0n) is 17.0. The highest BCUT2D eigenvalue weighted by Gasteiger charge is 2.05. The Kier molecular flexibility index (Phi) is 7.77. The topological polar surface area (TPSA) is 76.4 Å². The van der Waals surface area contributed by atoms with E-state index in [-0.39, 0.29) is 6.10 Å². The largest absolute Gasteiger partial charge is 0.374 e. The molecule has 3 aromatic rings. The Balaban J connectivity index is 1.37. The first kappa shape index (κ1) is 20.5. The average Bonchev–Trinajstić information content (AvgIpc) is 3.31. The summed E-state index contributed by atoms with van der Waals surface area (Å²) in [6.07, 6.45) is 8.15. The van der Waals surface area contributed by atoms with Gasteiger partial charge in [-0.2, -0.15) is 0 Å². The quantitative estimate of drug-likeness (QED) is 0.332. The predicted octanol–water partition coefficient (Wildman–Crippen LogP) is 3.10. The van der Waals surface area contributed by atoms with Crippen molar-refractivity contribution in [1.82, 2.24) is 25.2 Å². The maximum Gasteiger partial charge on any atom is 0.191 e. The van der Waals surface area contributed by atoms with E-state index >= 15 is 0 Å². The Hall–Kier alpha value is -3.19. The van der Waals surface area contributed by atoms with Crippen LogP contribution in [0.15, 0.2) is 72.4 Å². The monoisotopic (exact) mass is 392 g/mol. The van der Waals surface area contributed by atoms with Gasteiger partial charge >= 0.3 is 0 Å². The molecule has 29 heavy (non-hydrogen) atoms. The molecule has 2 aromatic heterocycles. The molecule has 0 aliphatic rings. The Morgan fingerprint density at radius 2 is 2.03 bits per heavy atom. The highest BCUT2D eigenvalue weighted by Crippen LogP contribution is 2.15. The van der Waals surface area contributed by atoms with E-state index < -0.39 is 0 Å². The molecule has 0 radical (unpaired) electrons. The van der Waals surface area contributed by atoms with Crippen LogP contribution in [0.3, 0.4) is 0 Å². The number of nitrogens with zero attached hydrogens (tertiary/aromatic N) is 4. The van der Waals surface area contributed by atoms with E-state index in [0.29, 0.717) is 13.2 Å². The Labute approximate surface area is 171 Å². The fraction of sp³-hybridized carbons (Fsp3) is 0.318. The van der Waals surface area contributed by atoms with E-state index in [4.69, 9.17) is 4.74 Å². The van der Waals surface area contributed by atoms with Gasteiger partial charge in [-0.15, -0.1) is 0 Å². The number of benzene rings is 1. The summed E-state index contributed by atoms with van der Waals surface area (Å²) in [5.74, 6) is 1.61. The van der Waals surface area contributed by atoms with Crippen molar-refractivity contribution < 1.29 is 4.74 Å². The van der Waals surface area contributed by atoms with E-state index in [1.165, 1.54) is 5.56 Å². The summed E-state index contributed by atoms with van der Waals surface area (Å²) in [5, 5.41) is 6.65. The molecule has 3 rings (SSSR count). The van der Waals surface area contributed by atoms with Crippen LogP contribution >= 0.6 is 0 Å². The van der Waals surface area contributed by atoms with Crippen LogP contribution in [0, 0.1) is 0 Å². The van der Waals surface area contributed by atoms with Gasteiger partial charge in [-0.3, -0.25) is 9.56 Å². The van der Waals surface area contributed by atoms with Gasteiger partial charge in [0, 0.05) is 45.3 Å². The van der Waals surface area contributed by atoms with Gasteiger partial charge in [0.1, 0.15) is 12.1 Å². The number of nitrogens with one attached hydrogen (secondary N) is 2. The predicted molar refractivity (Wildman–Crippen MR) is 115 cm³/mol. The molecule has 1 unspecified atom stereocenters. The Morgan fingerprint density at radius 1 is 1.17 bits per heavy atom. The van der Waals surface area contributed by atoms with E-state index in [0.717, 1.165) is 30.3 Å². The van der Waals surface area contributed by atoms with Gasteiger partial charge in [0.2, 0.25) is 0 Å². The molecule has 7 nitrogen and oxygen atoms in total. The number of hydrogen-bond donors (Lipinski definition) is 2. The lowest BCUT2D eigenvalue weighted by Crippen LogP contribution is -2.37. The summed E-state index contributed by atoms with van der Waals surface area (Å²) >= 11 is 0. The van der Waals surface area contributed by atoms with Crippen molar-refractivity contribution in [1.29, 1.82) is 0 Å². The number of rotatable bonds is 9. The summed E-state index contributed by atoms with van der Waals surface area (Å²) in [4.78, 5) is 12.7. The molecule has 1 aromatic carbocycles. The number of hydrogen-bond acceptors (Lipinski definition) is 4. The van der Waals surface area contributed by atoms with Gasteiger partial charge in [-0.25, -0.2) is 9.97 Å². The fourth-order valence-electron chi connectivity index (χ4n) is 2.87. The second kappa shape index (κ2) is 11.0. The maximum atomic E-state index is 5.91. The number of guanidine groups is 1. The minimum absolute atomic E-state index is 0.102. The summed E-state index contributed by atoms with van der Waals surface area (Å²) < 4.78 is 7.79. The second-order valence-electron chi connectivity index (χ2n) is 6.62. The van der Waals surface area contributed by atoms with Crippen LogP contribution in [-0.2, 0) is 11.3 Å². The Bertz CT molecular complexity index is 879. The van der Waals surface area contributed by atoms with Crippen LogP contribution in [0.4, 0.5) is 0 Å². The molecule has 0 saturated carbocycles. The number of ether oxygens (including phenoxy) is 1. The number of pyridine rings is 1. The lowest BCUT2D eigenvalue weighted by molar-refractivity contribution is 0.0646. The molecule has 0 amide bonds. The van der Waals surface area contributed by atoms with Crippen molar-refractivity contribution in [3.05, 3.63) is 78.5 Å². The van der Waals surface area contributed by atoms with Crippen LogP contribution in [0.25, 0.3) is 5.82 Å². The van der Waals surface area contributed by atoms with Gasteiger partial charge in [-0.1, -0.05) is 30.3 Å². The van der Waals surface area contributed by atoms with E-state index in [1.54, 1.807) is 25.8 Å². The SMILES string of the molecule is CN=C(NCCCOC(C)c1ccccc1)NCc1ccnc(-n2ccnc2)c1. The fourth-order valence-corrected chi connectivity index (χ4v) is 2.87. The zero-order valence-corrected chi connectivity index (χ0v) is 17.0. The minimum Gasteiger partial charge on any atom is -0.374 e. The average molecular weight is 393 g/mol. The molecule has 0 spiro atoms. The first-order valence-electron chi connectivity index (χ1n) is 9.80. The molecule has 0 aliphatic carbocycles.